The highest BCUT2D eigenvalue weighted by atomic mass is 32.2. The zero-order chi connectivity index (χ0) is 9.75. The highest BCUT2D eigenvalue weighted by Crippen LogP contribution is 2.41. The number of hydrogen-bond donors (Lipinski definition) is 1. The molecule has 13 heavy (non-hydrogen) atoms. The number of nitrogens with two attached hydrogens (primary N) is 1. The summed E-state index contributed by atoms with van der Waals surface area (Å²) >= 11 is 0. The van der Waals surface area contributed by atoms with Crippen LogP contribution in [0, 0.1) is 0 Å². The molecule has 0 aromatic rings. The van der Waals surface area contributed by atoms with Gasteiger partial charge in [0.25, 0.3) is 0 Å². The number of rotatable bonds is 0. The molecule has 2 aliphatic heterocycles. The number of amides is 1. The van der Waals surface area contributed by atoms with E-state index in [1.54, 1.807) is 0 Å². The standard InChI is InChI=1S/C9H14N2OS/c1-5-4-13(3)9-7(10)8(12)11(9)6(5)2/h6-7,9H,1,3-4,10H2,2H3. The van der Waals surface area contributed by atoms with E-state index in [9.17, 15) is 4.79 Å². The van der Waals surface area contributed by atoms with Crippen molar-refractivity contribution in [3.05, 3.63) is 12.2 Å². The average Bonchev–Trinajstić information content (AvgIpc) is 2.09. The van der Waals surface area contributed by atoms with Crippen LogP contribution in [-0.2, 0) is 4.79 Å². The van der Waals surface area contributed by atoms with Crippen molar-refractivity contribution in [2.24, 2.45) is 5.73 Å². The van der Waals surface area contributed by atoms with Gasteiger partial charge in [-0.2, -0.15) is 10.5 Å². The number of β-lactam (4-membered cyclic amide) rings is 1. The van der Waals surface area contributed by atoms with Crippen molar-refractivity contribution in [3.63, 3.8) is 0 Å². The van der Waals surface area contributed by atoms with Crippen LogP contribution in [0.25, 0.3) is 0 Å². The molecule has 0 saturated carbocycles. The van der Waals surface area contributed by atoms with Crippen LogP contribution < -0.4 is 5.73 Å². The summed E-state index contributed by atoms with van der Waals surface area (Å²) in [4.78, 5) is 13.3. The molecule has 2 fully saturated rings. The van der Waals surface area contributed by atoms with Crippen molar-refractivity contribution >= 4 is 22.3 Å². The fourth-order valence-electron chi connectivity index (χ4n) is 1.93. The van der Waals surface area contributed by atoms with Gasteiger partial charge < -0.3 is 10.6 Å². The van der Waals surface area contributed by atoms with Gasteiger partial charge in [-0.15, -0.1) is 0 Å². The van der Waals surface area contributed by atoms with Crippen LogP contribution in [0.1, 0.15) is 6.92 Å². The number of carbonyl (C=O) groups is 1. The quantitative estimate of drug-likeness (QED) is 0.342. The number of nitrogens with zero attached hydrogens (tertiary/aromatic N) is 1. The summed E-state index contributed by atoms with van der Waals surface area (Å²) in [5.74, 6) is 5.02. The van der Waals surface area contributed by atoms with E-state index < -0.39 is 0 Å². The third kappa shape index (κ3) is 1.02. The van der Waals surface area contributed by atoms with E-state index in [2.05, 4.69) is 12.4 Å². The summed E-state index contributed by atoms with van der Waals surface area (Å²) in [6.45, 7) is 5.97. The van der Waals surface area contributed by atoms with Gasteiger partial charge in [0.2, 0.25) is 5.91 Å². The van der Waals surface area contributed by atoms with Crippen LogP contribution in [0.5, 0.6) is 0 Å². The summed E-state index contributed by atoms with van der Waals surface area (Å²) in [6, 6.07) is -0.154. The Morgan fingerprint density at radius 3 is 2.92 bits per heavy atom. The minimum Gasteiger partial charge on any atom is -0.321 e. The lowest BCUT2D eigenvalue weighted by Gasteiger charge is -2.53. The first-order chi connectivity index (χ1) is 6.04. The summed E-state index contributed by atoms with van der Waals surface area (Å²) in [5.41, 5.74) is 6.83. The van der Waals surface area contributed by atoms with Gasteiger partial charge in [-0.1, -0.05) is 12.4 Å². The smallest absolute Gasteiger partial charge is 0.243 e. The second-order valence-electron chi connectivity index (χ2n) is 3.68. The van der Waals surface area contributed by atoms with E-state index in [0.717, 1.165) is 11.3 Å². The Bertz CT molecular complexity index is 313. The lowest BCUT2D eigenvalue weighted by Crippen LogP contribution is -2.71. The first kappa shape index (κ1) is 8.97. The molecule has 1 amide bonds. The molecule has 72 valence electrons. The summed E-state index contributed by atoms with van der Waals surface area (Å²) in [7, 11) is -0.0493. The Morgan fingerprint density at radius 1 is 1.69 bits per heavy atom. The summed E-state index contributed by atoms with van der Waals surface area (Å²) in [6.07, 6.45) is 0. The van der Waals surface area contributed by atoms with E-state index in [1.807, 2.05) is 11.8 Å². The third-order valence-corrected chi connectivity index (χ3v) is 4.79. The number of carbonyl (C=O) groups excluding carboxylic acids is 1. The molecular weight excluding hydrogens is 184 g/mol. The third-order valence-electron chi connectivity index (χ3n) is 2.84. The zero-order valence-electron chi connectivity index (χ0n) is 7.69. The van der Waals surface area contributed by atoms with Gasteiger partial charge in [0.1, 0.15) is 6.04 Å². The second kappa shape index (κ2) is 2.69. The van der Waals surface area contributed by atoms with Crippen molar-refractivity contribution < 1.29 is 4.79 Å². The molecule has 2 heterocycles. The van der Waals surface area contributed by atoms with Gasteiger partial charge in [-0.3, -0.25) is 4.79 Å². The van der Waals surface area contributed by atoms with Gasteiger partial charge in [-0.05, 0) is 12.5 Å². The molecule has 0 aromatic carbocycles. The monoisotopic (exact) mass is 198 g/mol. The molecule has 4 unspecified atom stereocenters. The molecule has 0 radical (unpaired) electrons. The van der Waals surface area contributed by atoms with Crippen LogP contribution in [-0.4, -0.2) is 39.9 Å². The Labute approximate surface area is 80.5 Å². The maximum Gasteiger partial charge on any atom is 0.243 e. The van der Waals surface area contributed by atoms with Crippen LogP contribution in [0.3, 0.4) is 0 Å². The molecule has 2 saturated heterocycles. The number of fused-ring (bicyclic) bond motifs is 1. The van der Waals surface area contributed by atoms with E-state index >= 15 is 0 Å². The Kier molecular flexibility index (Phi) is 1.85. The molecule has 3 nitrogen and oxygen atoms in total. The molecule has 0 spiro atoms. The number of hydrogen-bond acceptors (Lipinski definition) is 2. The first-order valence-electron chi connectivity index (χ1n) is 4.29. The van der Waals surface area contributed by atoms with E-state index in [-0.39, 0.29) is 33.8 Å². The molecule has 2 rings (SSSR count). The zero-order valence-corrected chi connectivity index (χ0v) is 8.51. The fourth-order valence-corrected chi connectivity index (χ4v) is 3.96. The maximum absolute atomic E-state index is 11.4. The molecule has 4 atom stereocenters. The fraction of sp³-hybridized carbons (Fsp3) is 0.556. The molecule has 0 bridgehead atoms. The van der Waals surface area contributed by atoms with Gasteiger partial charge in [0.15, 0.2) is 0 Å². The van der Waals surface area contributed by atoms with Crippen LogP contribution >= 0.6 is 10.5 Å². The van der Waals surface area contributed by atoms with Crippen molar-refractivity contribution in [1.29, 1.82) is 0 Å². The van der Waals surface area contributed by atoms with Crippen molar-refractivity contribution in [2.45, 2.75) is 24.4 Å². The lowest BCUT2D eigenvalue weighted by molar-refractivity contribution is -0.146. The Balaban J connectivity index is 2.29. The molecule has 4 heteroatoms. The maximum atomic E-state index is 11.4. The van der Waals surface area contributed by atoms with Crippen LogP contribution in [0.4, 0.5) is 0 Å². The van der Waals surface area contributed by atoms with Crippen molar-refractivity contribution in [2.75, 3.05) is 5.75 Å². The molecule has 2 aliphatic rings. The minimum atomic E-state index is -0.309. The van der Waals surface area contributed by atoms with Crippen molar-refractivity contribution in [1.82, 2.24) is 4.90 Å². The topological polar surface area (TPSA) is 46.3 Å². The van der Waals surface area contributed by atoms with Gasteiger partial charge in [0, 0.05) is 5.75 Å². The second-order valence-corrected chi connectivity index (χ2v) is 5.52. The predicted molar refractivity (Wildman–Crippen MR) is 56.8 cm³/mol. The molecular formula is C9H14N2OS. The van der Waals surface area contributed by atoms with E-state index in [0.29, 0.717) is 0 Å². The molecule has 0 aliphatic carbocycles. The SMILES string of the molecule is C=C1CS(=C)C2C(N)C(=O)N2C1C. The summed E-state index contributed by atoms with van der Waals surface area (Å²) in [5, 5.41) is 0.174. The largest absolute Gasteiger partial charge is 0.321 e. The van der Waals surface area contributed by atoms with Gasteiger partial charge >= 0.3 is 0 Å². The highest BCUT2D eigenvalue weighted by Gasteiger charge is 2.51. The van der Waals surface area contributed by atoms with Crippen LogP contribution in [0.15, 0.2) is 12.2 Å². The molecule has 2 N–H and O–H groups in total. The van der Waals surface area contributed by atoms with Gasteiger partial charge in [-0.25, -0.2) is 0 Å². The van der Waals surface area contributed by atoms with Crippen LogP contribution in [0.2, 0.25) is 0 Å². The average molecular weight is 198 g/mol. The normalized spacial score (nSPS) is 44.3. The summed E-state index contributed by atoms with van der Waals surface area (Å²) < 4.78 is 0. The van der Waals surface area contributed by atoms with Crippen molar-refractivity contribution in [3.8, 4) is 0 Å². The lowest BCUT2D eigenvalue weighted by atomic mass is 10.0. The minimum absolute atomic E-state index is 0.0493. The highest BCUT2D eigenvalue weighted by molar-refractivity contribution is 8.15. The predicted octanol–water partition coefficient (Wildman–Crippen LogP) is 0.141. The van der Waals surface area contributed by atoms with E-state index in [1.165, 1.54) is 0 Å². The molecule has 0 aromatic heterocycles. The first-order valence-corrected chi connectivity index (χ1v) is 5.91. The van der Waals surface area contributed by atoms with E-state index in [4.69, 9.17) is 5.73 Å². The Hall–Kier alpha value is -0.610. The Morgan fingerprint density at radius 2 is 2.31 bits per heavy atom. The van der Waals surface area contributed by atoms with Gasteiger partial charge in [0.05, 0.1) is 11.4 Å².